The van der Waals surface area contributed by atoms with Crippen LogP contribution in [0.3, 0.4) is 0 Å². The molecule has 1 aliphatic rings. The normalized spacial score (nSPS) is 23.2. The second-order valence-electron chi connectivity index (χ2n) is 23.0. The van der Waals surface area contributed by atoms with E-state index >= 15 is 4.79 Å². The Labute approximate surface area is 472 Å². The van der Waals surface area contributed by atoms with Crippen LogP contribution in [0.5, 0.6) is 0 Å². The fraction of sp³-hybridized carbons (Fsp3) is 0.600. The molecule has 0 saturated carbocycles. The molecule has 0 unspecified atom stereocenters. The first-order valence-electron chi connectivity index (χ1n) is 27.7. The third-order valence-corrected chi connectivity index (χ3v) is 14.2. The lowest BCUT2D eigenvalue weighted by molar-refractivity contribution is -0.176. The Kier molecular flexibility index (Phi) is 24.0. The predicted octanol–water partition coefficient (Wildman–Crippen LogP) is 6.48. The Morgan fingerprint density at radius 3 is 1.18 bits per heavy atom. The van der Waals surface area contributed by atoms with Gasteiger partial charge < -0.3 is 43.9 Å². The summed E-state index contributed by atoms with van der Waals surface area (Å²) >= 11 is 0. The summed E-state index contributed by atoms with van der Waals surface area (Å²) in [6.45, 7) is 22.9. The van der Waals surface area contributed by atoms with Crippen LogP contribution in [0.1, 0.15) is 130 Å². The molecule has 1 saturated heterocycles. The molecule has 1 N–H and O–H groups in total. The molecule has 4 rings (SSSR count). The number of aryl methyl sites for hydroxylation is 1. The van der Waals surface area contributed by atoms with Gasteiger partial charge in [0, 0.05) is 48.0 Å². The maximum absolute atomic E-state index is 15.0. The van der Waals surface area contributed by atoms with Gasteiger partial charge in [-0.25, -0.2) is 19.2 Å². The number of hydrogen-bond acceptors (Lipinski definition) is 14. The first-order valence-corrected chi connectivity index (χ1v) is 27.7. The fourth-order valence-electron chi connectivity index (χ4n) is 9.68. The Balaban J connectivity index is 1.85. The minimum atomic E-state index is -1.57. The largest absolute Gasteiger partial charge is 0.451 e. The Morgan fingerprint density at radius 1 is 0.500 bits per heavy atom. The molecule has 1 aromatic heterocycles. The van der Waals surface area contributed by atoms with Crippen molar-refractivity contribution in [3.63, 3.8) is 0 Å². The molecule has 20 heteroatoms. The van der Waals surface area contributed by atoms with Gasteiger partial charge in [0.2, 0.25) is 5.91 Å². The third-order valence-electron chi connectivity index (χ3n) is 14.2. The molecule has 2 aromatic carbocycles. The van der Waals surface area contributed by atoms with Crippen LogP contribution in [-0.2, 0) is 81.5 Å². The number of amides is 5. The van der Waals surface area contributed by atoms with Crippen molar-refractivity contribution in [1.82, 2.24) is 29.4 Å². The molecular weight excluding hydrogens is 1030 g/mol. The van der Waals surface area contributed by atoms with Crippen molar-refractivity contribution in [1.29, 1.82) is 0 Å². The molecule has 20 nitrogen and oxygen atoms in total. The highest BCUT2D eigenvalue weighted by Gasteiger charge is 2.43. The van der Waals surface area contributed by atoms with Crippen molar-refractivity contribution < 1.29 is 62.1 Å². The van der Waals surface area contributed by atoms with Gasteiger partial charge in [0.15, 0.2) is 24.4 Å². The lowest BCUT2D eigenvalue weighted by Crippen LogP contribution is -2.55. The van der Waals surface area contributed by atoms with Gasteiger partial charge in [-0.1, -0.05) is 110 Å². The van der Waals surface area contributed by atoms with Crippen LogP contribution in [0.4, 0.5) is 5.69 Å². The quantitative estimate of drug-likeness (QED) is 0.127. The summed E-state index contributed by atoms with van der Waals surface area (Å²) in [6.07, 6.45) is -5.99. The molecule has 0 aliphatic carbocycles. The Morgan fingerprint density at radius 2 is 0.825 bits per heavy atom. The van der Waals surface area contributed by atoms with Crippen molar-refractivity contribution >= 4 is 59.1 Å². The number of carbonyl (C=O) groups is 9. The average Bonchev–Trinajstić information content (AvgIpc) is 3.64. The smallest absolute Gasteiger partial charge is 0.329 e. The minimum absolute atomic E-state index is 0.0680. The minimum Gasteiger partial charge on any atom is -0.451 e. The molecule has 3 aromatic rings. The fourth-order valence-corrected chi connectivity index (χ4v) is 9.68. The van der Waals surface area contributed by atoms with E-state index in [1.54, 1.807) is 54.1 Å². The molecule has 0 bridgehead atoms. The van der Waals surface area contributed by atoms with E-state index in [9.17, 15) is 38.4 Å². The molecular formula is C60H87N7O13. The van der Waals surface area contributed by atoms with Gasteiger partial charge >= 0.3 is 23.9 Å². The van der Waals surface area contributed by atoms with Crippen LogP contribution in [0.2, 0.25) is 0 Å². The number of cyclic esters (lactones) is 4. The highest BCUT2D eigenvalue weighted by Crippen LogP contribution is 2.26. The van der Waals surface area contributed by atoms with Crippen LogP contribution < -0.4 is 5.32 Å². The Hall–Kier alpha value is -7.12. The van der Waals surface area contributed by atoms with Crippen molar-refractivity contribution in [2.75, 3.05) is 33.5 Å². The van der Waals surface area contributed by atoms with Gasteiger partial charge in [0.25, 0.3) is 23.6 Å². The summed E-state index contributed by atoms with van der Waals surface area (Å²) in [7, 11) is 5.53. The van der Waals surface area contributed by atoms with Crippen molar-refractivity contribution in [3.8, 4) is 0 Å². The van der Waals surface area contributed by atoms with Crippen LogP contribution in [0.15, 0.2) is 54.6 Å². The molecule has 0 radical (unpaired) electrons. The van der Waals surface area contributed by atoms with Gasteiger partial charge in [-0.05, 0) is 93.7 Å². The number of rotatable bonds is 15. The number of nitrogens with one attached hydrogen (secondary N) is 1. The molecule has 0 spiro atoms. The monoisotopic (exact) mass is 1110 g/mol. The standard InChI is InChI=1S/C60H87N7O13/c1-34(2)27-46-57(73)77-41(12)54(70)64(15)49(30-37(7)8)60(76)80-51(32-44-23-25-45(26-24-44)33-67-39(10)52(38(9)62-67)61-42(13)68)56(72)66(17)47(28-35(3)4)58(74)78-40(11)53(69)63(14)48(29-36(5)6)59(75)79-50(55(71)65(46)16)31-43-21-19-18-20-22-43/h18-26,34-37,40-41,46-51H,27-33H2,1-17H3,(H,61,68)/t40-,41-,46+,47+,48+,49+,50-,51-/m1/s1. The van der Waals surface area contributed by atoms with E-state index in [0.29, 0.717) is 29.1 Å². The summed E-state index contributed by atoms with van der Waals surface area (Å²) in [6, 6.07) is 10.9. The molecule has 80 heavy (non-hydrogen) atoms. The number of benzene rings is 2. The summed E-state index contributed by atoms with van der Waals surface area (Å²) in [5.41, 5.74) is 4.06. The first-order chi connectivity index (χ1) is 37.4. The van der Waals surface area contributed by atoms with Gasteiger partial charge in [-0.2, -0.15) is 5.10 Å². The molecule has 8 atom stereocenters. The summed E-state index contributed by atoms with van der Waals surface area (Å²) in [4.78, 5) is 133. The maximum Gasteiger partial charge on any atom is 0.329 e. The first kappa shape index (κ1) is 65.4. The van der Waals surface area contributed by atoms with E-state index in [4.69, 9.17) is 18.9 Å². The van der Waals surface area contributed by atoms with E-state index in [0.717, 1.165) is 30.9 Å². The number of hydrogen-bond donors (Lipinski definition) is 1. The Bertz CT molecular complexity index is 2630. The number of likely N-dealkylation sites (N-methyl/N-ethyl adjacent to an activating group) is 4. The number of nitrogens with zero attached hydrogens (tertiary/aromatic N) is 6. The molecule has 1 aliphatic heterocycles. The lowest BCUT2D eigenvalue weighted by atomic mass is 9.99. The van der Waals surface area contributed by atoms with E-state index in [1.807, 2.05) is 74.4 Å². The highest BCUT2D eigenvalue weighted by atomic mass is 16.6. The lowest BCUT2D eigenvalue weighted by Gasteiger charge is -2.35. The second kappa shape index (κ2) is 29.4. The zero-order chi connectivity index (χ0) is 60.0. The van der Waals surface area contributed by atoms with Crippen LogP contribution in [0, 0.1) is 37.5 Å². The van der Waals surface area contributed by atoms with Crippen molar-refractivity contribution in [2.45, 2.75) is 184 Å². The van der Waals surface area contributed by atoms with Gasteiger partial charge in [-0.15, -0.1) is 0 Å². The summed E-state index contributed by atoms with van der Waals surface area (Å²) < 4.78 is 25.8. The topological polar surface area (TPSA) is 233 Å². The molecule has 5 amide bonds. The number of anilines is 1. The highest BCUT2D eigenvalue weighted by molar-refractivity contribution is 5.94. The zero-order valence-corrected chi connectivity index (χ0v) is 50.1. The summed E-state index contributed by atoms with van der Waals surface area (Å²) in [5, 5.41) is 7.43. The number of carbonyl (C=O) groups excluding carboxylic acids is 9. The van der Waals surface area contributed by atoms with E-state index in [-0.39, 0.29) is 68.1 Å². The molecule has 440 valence electrons. The molecule has 2 heterocycles. The van der Waals surface area contributed by atoms with Gasteiger partial charge in [0.05, 0.1) is 23.6 Å². The number of ether oxygens (including phenoxy) is 4. The van der Waals surface area contributed by atoms with Crippen LogP contribution >= 0.6 is 0 Å². The summed E-state index contributed by atoms with van der Waals surface area (Å²) in [5.74, 6) is -7.72. The van der Waals surface area contributed by atoms with E-state index in [1.165, 1.54) is 49.0 Å². The number of esters is 4. The number of aromatic nitrogens is 2. The van der Waals surface area contributed by atoms with Gasteiger partial charge in [0.1, 0.15) is 24.2 Å². The van der Waals surface area contributed by atoms with E-state index in [2.05, 4.69) is 10.4 Å². The second-order valence-corrected chi connectivity index (χ2v) is 23.0. The van der Waals surface area contributed by atoms with Crippen molar-refractivity contribution in [3.05, 3.63) is 82.7 Å². The van der Waals surface area contributed by atoms with Crippen molar-refractivity contribution in [2.24, 2.45) is 23.7 Å². The van der Waals surface area contributed by atoms with Crippen LogP contribution in [0.25, 0.3) is 0 Å². The average molecular weight is 1110 g/mol. The van der Waals surface area contributed by atoms with Gasteiger partial charge in [-0.3, -0.25) is 28.7 Å². The maximum atomic E-state index is 15.0. The zero-order valence-electron chi connectivity index (χ0n) is 50.1. The molecule has 1 fully saturated rings. The van der Waals surface area contributed by atoms with Crippen LogP contribution in [-0.4, -0.2) is 160 Å². The van der Waals surface area contributed by atoms with E-state index < -0.39 is 96.1 Å². The third kappa shape index (κ3) is 17.9. The SMILES string of the molecule is CC(=O)Nc1c(C)nn(Cc2ccc(C[C@H]3OC(=O)[C@H](CC(C)C)N(C)C(=O)[C@@H](C)OC(=O)[C@H](CC(C)C)N(C)C(=O)[C@@H](Cc4ccccc4)OC(=O)[C@H](CC(C)C)N(C)C(=O)[C@@H](C)OC(=O)[C@H](CC(C)C)N(C)C3=O)cc2)c1C. The predicted molar refractivity (Wildman–Crippen MR) is 300 cm³/mol.